The molecule has 0 bridgehead atoms. The third-order valence-electron chi connectivity index (χ3n) is 2.63. The van der Waals surface area contributed by atoms with Crippen LogP contribution in [0.2, 0.25) is 5.02 Å². The van der Waals surface area contributed by atoms with E-state index in [2.05, 4.69) is 4.98 Å². The Balaban J connectivity index is 2.73. The van der Waals surface area contributed by atoms with Gasteiger partial charge in [0.15, 0.2) is 0 Å². The molecule has 2 rings (SSSR count). The highest BCUT2D eigenvalue weighted by atomic mass is 35.5. The second-order valence-electron chi connectivity index (χ2n) is 3.86. The lowest BCUT2D eigenvalue weighted by molar-refractivity contribution is 0.0524. The van der Waals surface area contributed by atoms with Crippen LogP contribution < -0.4 is 5.43 Å². The largest absolute Gasteiger partial charge is 0.462 e. The zero-order valence-electron chi connectivity index (χ0n) is 10.0. The highest BCUT2D eigenvalue weighted by molar-refractivity contribution is 6.31. The van der Waals surface area contributed by atoms with Crippen molar-refractivity contribution in [3.8, 4) is 0 Å². The van der Waals surface area contributed by atoms with Gasteiger partial charge in [-0.25, -0.2) is 4.79 Å². The number of ether oxygens (including phenoxy) is 1. The molecule has 0 aliphatic heterocycles. The van der Waals surface area contributed by atoms with Crippen molar-refractivity contribution >= 4 is 28.5 Å². The summed E-state index contributed by atoms with van der Waals surface area (Å²) in [6.45, 7) is 3.59. The smallest absolute Gasteiger partial charge is 0.343 e. The van der Waals surface area contributed by atoms with Gasteiger partial charge in [-0.2, -0.15) is 0 Å². The second-order valence-corrected chi connectivity index (χ2v) is 4.30. The fourth-order valence-corrected chi connectivity index (χ4v) is 2.01. The Bertz CT molecular complexity index is 676. The van der Waals surface area contributed by atoms with Gasteiger partial charge in [0.1, 0.15) is 5.56 Å². The summed E-state index contributed by atoms with van der Waals surface area (Å²) in [5, 5.41) is 0.953. The maximum Gasteiger partial charge on any atom is 0.343 e. The predicted molar refractivity (Wildman–Crippen MR) is 70.3 cm³/mol. The molecule has 0 radical (unpaired) electrons. The summed E-state index contributed by atoms with van der Waals surface area (Å²) in [6, 6.07) is 4.86. The van der Waals surface area contributed by atoms with Crippen LogP contribution in [0.4, 0.5) is 0 Å². The minimum absolute atomic E-state index is 0.0478. The van der Waals surface area contributed by atoms with Crippen LogP contribution in [0.1, 0.15) is 23.0 Å². The summed E-state index contributed by atoms with van der Waals surface area (Å²) in [7, 11) is 0. The number of pyridine rings is 1. The van der Waals surface area contributed by atoms with Gasteiger partial charge in [0.05, 0.1) is 12.1 Å². The van der Waals surface area contributed by atoms with Gasteiger partial charge in [-0.1, -0.05) is 11.6 Å². The Morgan fingerprint density at radius 3 is 2.83 bits per heavy atom. The molecule has 0 atom stereocenters. The molecule has 18 heavy (non-hydrogen) atoms. The van der Waals surface area contributed by atoms with Gasteiger partial charge in [-0.05, 0) is 32.0 Å². The zero-order chi connectivity index (χ0) is 13.3. The molecule has 5 heteroatoms. The molecule has 0 aliphatic carbocycles. The molecule has 0 spiro atoms. The van der Waals surface area contributed by atoms with E-state index in [1.54, 1.807) is 32.0 Å². The lowest BCUT2D eigenvalue weighted by Crippen LogP contribution is -2.20. The molecule has 1 N–H and O–H groups in total. The van der Waals surface area contributed by atoms with E-state index in [0.29, 0.717) is 21.6 Å². The average molecular weight is 266 g/mol. The minimum atomic E-state index is -0.604. The Hall–Kier alpha value is -1.81. The van der Waals surface area contributed by atoms with Crippen molar-refractivity contribution in [3.63, 3.8) is 0 Å². The van der Waals surface area contributed by atoms with Crippen molar-refractivity contribution in [3.05, 3.63) is 44.7 Å². The molecule has 2 aromatic rings. The number of hydrogen-bond donors (Lipinski definition) is 1. The number of esters is 1. The molecule has 0 amide bonds. The van der Waals surface area contributed by atoms with Crippen LogP contribution in [0.3, 0.4) is 0 Å². The van der Waals surface area contributed by atoms with Crippen LogP contribution in [0.5, 0.6) is 0 Å². The monoisotopic (exact) mass is 265 g/mol. The SMILES string of the molecule is CCOC(=O)c1c(C)[nH]c2cc(Cl)ccc2c1=O. The van der Waals surface area contributed by atoms with Crippen molar-refractivity contribution in [2.75, 3.05) is 6.61 Å². The summed E-state index contributed by atoms with van der Waals surface area (Å²) < 4.78 is 4.88. The third-order valence-corrected chi connectivity index (χ3v) is 2.87. The number of aromatic amines is 1. The van der Waals surface area contributed by atoms with Crippen molar-refractivity contribution in [1.29, 1.82) is 0 Å². The number of H-pyrrole nitrogens is 1. The number of hydrogen-bond acceptors (Lipinski definition) is 3. The number of rotatable bonds is 2. The molecule has 1 aromatic carbocycles. The number of aryl methyl sites for hydroxylation is 1. The molecule has 1 aromatic heterocycles. The van der Waals surface area contributed by atoms with E-state index in [-0.39, 0.29) is 17.6 Å². The Morgan fingerprint density at radius 2 is 2.17 bits per heavy atom. The highest BCUT2D eigenvalue weighted by Gasteiger charge is 2.17. The van der Waals surface area contributed by atoms with E-state index in [0.717, 1.165) is 0 Å². The number of benzene rings is 1. The first-order chi connectivity index (χ1) is 8.54. The molecule has 0 fully saturated rings. The van der Waals surface area contributed by atoms with Crippen LogP contribution in [0, 0.1) is 6.92 Å². The van der Waals surface area contributed by atoms with Crippen LogP contribution >= 0.6 is 11.6 Å². The summed E-state index contributed by atoms with van der Waals surface area (Å²) in [5.41, 5.74) is 0.800. The van der Waals surface area contributed by atoms with Gasteiger partial charge in [0.25, 0.3) is 0 Å². The summed E-state index contributed by atoms with van der Waals surface area (Å²) in [6.07, 6.45) is 0. The normalized spacial score (nSPS) is 10.6. The Kier molecular flexibility index (Phi) is 3.39. The zero-order valence-corrected chi connectivity index (χ0v) is 10.8. The number of aromatic nitrogens is 1. The number of fused-ring (bicyclic) bond motifs is 1. The van der Waals surface area contributed by atoms with Crippen molar-refractivity contribution < 1.29 is 9.53 Å². The molecule has 0 aliphatic rings. The van der Waals surface area contributed by atoms with Gasteiger partial charge in [-0.3, -0.25) is 4.79 Å². The second kappa shape index (κ2) is 4.82. The molecule has 0 saturated heterocycles. The van der Waals surface area contributed by atoms with E-state index in [1.165, 1.54) is 0 Å². The predicted octanol–water partition coefficient (Wildman–Crippen LogP) is 2.67. The summed E-state index contributed by atoms with van der Waals surface area (Å²) >= 11 is 5.86. The van der Waals surface area contributed by atoms with Crippen molar-refractivity contribution in [2.45, 2.75) is 13.8 Å². The Morgan fingerprint density at radius 1 is 1.44 bits per heavy atom. The van der Waals surface area contributed by atoms with Crippen LogP contribution in [-0.4, -0.2) is 17.6 Å². The average Bonchev–Trinajstić information content (AvgIpc) is 2.28. The van der Waals surface area contributed by atoms with E-state index >= 15 is 0 Å². The van der Waals surface area contributed by atoms with Gasteiger partial charge in [0.2, 0.25) is 5.43 Å². The van der Waals surface area contributed by atoms with Crippen LogP contribution in [0.15, 0.2) is 23.0 Å². The molecular formula is C13H12ClNO3. The van der Waals surface area contributed by atoms with Gasteiger partial charge >= 0.3 is 5.97 Å². The molecule has 1 heterocycles. The summed E-state index contributed by atoms with van der Waals surface area (Å²) in [4.78, 5) is 26.9. The minimum Gasteiger partial charge on any atom is -0.462 e. The van der Waals surface area contributed by atoms with E-state index in [1.807, 2.05) is 0 Å². The molecule has 0 unspecified atom stereocenters. The first kappa shape index (κ1) is 12.6. The van der Waals surface area contributed by atoms with Gasteiger partial charge < -0.3 is 9.72 Å². The van der Waals surface area contributed by atoms with Crippen molar-refractivity contribution in [1.82, 2.24) is 4.98 Å². The number of nitrogens with one attached hydrogen (secondary N) is 1. The molecule has 94 valence electrons. The van der Waals surface area contributed by atoms with E-state index in [9.17, 15) is 9.59 Å². The van der Waals surface area contributed by atoms with Crippen molar-refractivity contribution in [2.24, 2.45) is 0 Å². The third kappa shape index (κ3) is 2.11. The standard InChI is InChI=1S/C13H12ClNO3/c1-3-18-13(17)11-7(2)15-10-6-8(14)4-5-9(10)12(11)16/h4-6H,3H2,1-2H3,(H,15,16). The fourth-order valence-electron chi connectivity index (χ4n) is 1.84. The fraction of sp³-hybridized carbons (Fsp3) is 0.231. The molecule has 0 saturated carbocycles. The first-order valence-corrected chi connectivity index (χ1v) is 5.91. The Labute approximate surface area is 109 Å². The number of carbonyl (C=O) groups excluding carboxylic acids is 1. The molecule has 4 nitrogen and oxygen atoms in total. The van der Waals surface area contributed by atoms with Crippen LogP contribution in [0.25, 0.3) is 10.9 Å². The highest BCUT2D eigenvalue weighted by Crippen LogP contribution is 2.17. The number of halogens is 1. The number of carbonyl (C=O) groups is 1. The maximum atomic E-state index is 12.2. The molecular weight excluding hydrogens is 254 g/mol. The lowest BCUT2D eigenvalue weighted by atomic mass is 10.1. The van der Waals surface area contributed by atoms with E-state index < -0.39 is 5.97 Å². The first-order valence-electron chi connectivity index (χ1n) is 5.54. The van der Waals surface area contributed by atoms with Gasteiger partial charge in [0, 0.05) is 16.1 Å². The van der Waals surface area contributed by atoms with E-state index in [4.69, 9.17) is 16.3 Å². The van der Waals surface area contributed by atoms with Crippen LogP contribution in [-0.2, 0) is 4.74 Å². The lowest BCUT2D eigenvalue weighted by Gasteiger charge is -2.07. The van der Waals surface area contributed by atoms with Gasteiger partial charge in [-0.15, -0.1) is 0 Å². The maximum absolute atomic E-state index is 12.2. The summed E-state index contributed by atoms with van der Waals surface area (Å²) in [5.74, 6) is -0.604. The topological polar surface area (TPSA) is 59.2 Å². The quantitative estimate of drug-likeness (QED) is 0.850.